The molecule has 0 amide bonds. The van der Waals surface area contributed by atoms with Crippen LogP contribution in [0.15, 0.2) is 72.9 Å². The highest BCUT2D eigenvalue weighted by atomic mass is 16.6. The van der Waals surface area contributed by atoms with E-state index in [2.05, 4.69) is 93.7 Å². The largest absolute Gasteiger partial charge is 0.462 e. The fourth-order valence-corrected chi connectivity index (χ4v) is 10.7. The van der Waals surface area contributed by atoms with E-state index in [1.807, 2.05) is 0 Å². The Kier molecular flexibility index (Phi) is 68.6. The first-order valence-corrected chi connectivity index (χ1v) is 36.4. The van der Waals surface area contributed by atoms with Crippen molar-refractivity contribution in [1.29, 1.82) is 0 Å². The number of carbonyl (C=O) groups excluding carboxylic acids is 3. The maximum Gasteiger partial charge on any atom is 0.306 e. The van der Waals surface area contributed by atoms with Gasteiger partial charge in [-0.25, -0.2) is 0 Å². The van der Waals surface area contributed by atoms with E-state index in [4.69, 9.17) is 14.2 Å². The van der Waals surface area contributed by atoms with E-state index >= 15 is 0 Å². The molecular weight excluding hydrogens is 1020 g/mol. The number of rotatable bonds is 67. The molecule has 0 aromatic heterocycles. The standard InChI is InChI=1S/C77H138O6/c1-4-7-10-13-16-19-22-25-28-31-33-35-37-38-40-41-43-46-49-52-55-58-61-64-67-70-76(79)82-73-74(72-81-75(78)69-66-63-60-57-54-51-48-45-30-27-24-21-18-15-12-9-6-3)83-77(80)71-68-65-62-59-56-53-50-47-44-42-39-36-34-32-29-26-23-20-17-14-11-8-5-2/h18,21,23,26-27,30-34,39,42,74H,4-17,19-20,22,24-25,28-29,35-38,40-41,43-73H2,1-3H3/b21-18-,26-23-,30-27-,33-31-,34-32-,42-39-. The van der Waals surface area contributed by atoms with E-state index in [9.17, 15) is 14.4 Å². The van der Waals surface area contributed by atoms with Gasteiger partial charge in [0.2, 0.25) is 0 Å². The molecule has 0 aromatic rings. The molecular formula is C77H138O6. The molecule has 0 rings (SSSR count). The Balaban J connectivity index is 4.34. The van der Waals surface area contributed by atoms with Crippen molar-refractivity contribution in [3.8, 4) is 0 Å². The van der Waals surface area contributed by atoms with Crippen LogP contribution >= 0.6 is 0 Å². The second-order valence-electron chi connectivity index (χ2n) is 24.5. The molecule has 0 bridgehead atoms. The fourth-order valence-electron chi connectivity index (χ4n) is 10.7. The van der Waals surface area contributed by atoms with E-state index in [1.165, 1.54) is 250 Å². The first-order chi connectivity index (χ1) is 41.0. The first-order valence-electron chi connectivity index (χ1n) is 36.4. The zero-order chi connectivity index (χ0) is 59.9. The zero-order valence-corrected chi connectivity index (χ0v) is 55.5. The van der Waals surface area contributed by atoms with E-state index in [-0.39, 0.29) is 31.1 Å². The Hall–Kier alpha value is -3.15. The summed E-state index contributed by atoms with van der Waals surface area (Å²) in [6.45, 7) is 6.65. The Bertz CT molecular complexity index is 1520. The van der Waals surface area contributed by atoms with Crippen LogP contribution in [-0.2, 0) is 28.6 Å². The summed E-state index contributed by atoms with van der Waals surface area (Å²) in [7, 11) is 0. The average Bonchev–Trinajstić information content (AvgIpc) is 3.49. The maximum absolute atomic E-state index is 13.0. The van der Waals surface area contributed by atoms with Crippen molar-refractivity contribution in [3.05, 3.63) is 72.9 Å². The minimum atomic E-state index is -0.785. The smallest absolute Gasteiger partial charge is 0.306 e. The van der Waals surface area contributed by atoms with Crippen molar-refractivity contribution in [2.24, 2.45) is 0 Å². The number of esters is 3. The molecule has 0 N–H and O–H groups in total. The normalized spacial score (nSPS) is 12.5. The van der Waals surface area contributed by atoms with Crippen LogP contribution in [0.4, 0.5) is 0 Å². The van der Waals surface area contributed by atoms with Gasteiger partial charge < -0.3 is 14.2 Å². The highest BCUT2D eigenvalue weighted by Gasteiger charge is 2.19. The Morgan fingerprint density at radius 3 is 0.711 bits per heavy atom. The van der Waals surface area contributed by atoms with Crippen molar-refractivity contribution in [3.63, 3.8) is 0 Å². The monoisotopic (exact) mass is 1160 g/mol. The number of carbonyl (C=O) groups is 3. The summed E-state index contributed by atoms with van der Waals surface area (Å²) in [4.78, 5) is 38.5. The molecule has 6 heteroatoms. The summed E-state index contributed by atoms with van der Waals surface area (Å²) in [5.74, 6) is -0.873. The highest BCUT2D eigenvalue weighted by Crippen LogP contribution is 2.17. The van der Waals surface area contributed by atoms with Crippen molar-refractivity contribution >= 4 is 17.9 Å². The molecule has 6 nitrogen and oxygen atoms in total. The summed E-state index contributed by atoms with van der Waals surface area (Å²) < 4.78 is 17.0. The van der Waals surface area contributed by atoms with Gasteiger partial charge in [0.05, 0.1) is 0 Å². The van der Waals surface area contributed by atoms with E-state index in [0.717, 1.165) is 89.9 Å². The SMILES string of the molecule is CCCCC/C=C\C/C=C\CCCCCCCCCC(=O)OCC(COC(=O)CCCCCCCCCCCCCCC/C=C\CCCCCCCCCC)OC(=O)CCCCCCCCCC/C=C\C/C=C\C/C=C\CCCCCCC. The highest BCUT2D eigenvalue weighted by molar-refractivity contribution is 5.71. The van der Waals surface area contributed by atoms with E-state index in [0.29, 0.717) is 19.3 Å². The third-order valence-corrected chi connectivity index (χ3v) is 16.2. The van der Waals surface area contributed by atoms with Gasteiger partial charge in [0.25, 0.3) is 0 Å². The molecule has 0 saturated heterocycles. The van der Waals surface area contributed by atoms with Gasteiger partial charge in [0.15, 0.2) is 6.10 Å². The van der Waals surface area contributed by atoms with Crippen LogP contribution in [-0.4, -0.2) is 37.2 Å². The first kappa shape index (κ1) is 79.8. The topological polar surface area (TPSA) is 78.9 Å². The minimum absolute atomic E-state index is 0.0787. The van der Waals surface area contributed by atoms with Crippen molar-refractivity contribution < 1.29 is 28.6 Å². The van der Waals surface area contributed by atoms with Gasteiger partial charge in [-0.15, -0.1) is 0 Å². The second kappa shape index (κ2) is 71.3. The predicted octanol–water partition coefficient (Wildman–Crippen LogP) is 25.2. The van der Waals surface area contributed by atoms with Gasteiger partial charge in [-0.3, -0.25) is 14.4 Å². The van der Waals surface area contributed by atoms with Crippen LogP contribution in [0.2, 0.25) is 0 Å². The average molecular weight is 1160 g/mol. The summed E-state index contributed by atoms with van der Waals surface area (Å²) in [5, 5.41) is 0. The van der Waals surface area contributed by atoms with Crippen LogP contribution < -0.4 is 0 Å². The van der Waals surface area contributed by atoms with Gasteiger partial charge >= 0.3 is 17.9 Å². The molecule has 0 aromatic carbocycles. The van der Waals surface area contributed by atoms with Crippen LogP contribution in [0, 0.1) is 0 Å². The lowest BCUT2D eigenvalue weighted by molar-refractivity contribution is -0.167. The Morgan fingerprint density at radius 2 is 0.434 bits per heavy atom. The summed E-state index contributed by atoms with van der Waals surface area (Å²) in [6.07, 6.45) is 93.5. The molecule has 0 spiro atoms. The number of ether oxygens (including phenoxy) is 3. The summed E-state index contributed by atoms with van der Waals surface area (Å²) in [6, 6.07) is 0. The Morgan fingerprint density at radius 1 is 0.241 bits per heavy atom. The van der Waals surface area contributed by atoms with Crippen molar-refractivity contribution in [2.45, 2.75) is 386 Å². The number of unbranched alkanes of at least 4 members (excludes halogenated alkanes) is 44. The van der Waals surface area contributed by atoms with Gasteiger partial charge in [-0.1, -0.05) is 318 Å². The van der Waals surface area contributed by atoms with E-state index < -0.39 is 6.10 Å². The molecule has 0 saturated carbocycles. The lowest BCUT2D eigenvalue weighted by Crippen LogP contribution is -2.30. The predicted molar refractivity (Wildman–Crippen MR) is 362 cm³/mol. The van der Waals surface area contributed by atoms with E-state index in [1.54, 1.807) is 0 Å². The molecule has 0 aliphatic heterocycles. The molecule has 0 aliphatic carbocycles. The second-order valence-corrected chi connectivity index (χ2v) is 24.5. The quantitative estimate of drug-likeness (QED) is 0.0261. The minimum Gasteiger partial charge on any atom is -0.462 e. The third kappa shape index (κ3) is 69.5. The zero-order valence-electron chi connectivity index (χ0n) is 55.5. The lowest BCUT2D eigenvalue weighted by Gasteiger charge is -2.18. The van der Waals surface area contributed by atoms with Crippen LogP contribution in [0.25, 0.3) is 0 Å². The number of allylic oxidation sites excluding steroid dienone is 12. The molecule has 0 fully saturated rings. The lowest BCUT2D eigenvalue weighted by atomic mass is 10.0. The molecule has 0 aliphatic rings. The van der Waals surface area contributed by atoms with Crippen LogP contribution in [0.5, 0.6) is 0 Å². The molecule has 1 unspecified atom stereocenters. The van der Waals surface area contributed by atoms with Gasteiger partial charge in [0.1, 0.15) is 13.2 Å². The van der Waals surface area contributed by atoms with Crippen molar-refractivity contribution in [2.75, 3.05) is 13.2 Å². The third-order valence-electron chi connectivity index (χ3n) is 16.2. The van der Waals surface area contributed by atoms with Crippen LogP contribution in [0.3, 0.4) is 0 Å². The Labute approximate surface area is 516 Å². The van der Waals surface area contributed by atoms with Crippen molar-refractivity contribution in [1.82, 2.24) is 0 Å². The van der Waals surface area contributed by atoms with Gasteiger partial charge in [-0.05, 0) is 116 Å². The molecule has 1 atom stereocenters. The summed E-state index contributed by atoms with van der Waals surface area (Å²) >= 11 is 0. The van der Waals surface area contributed by atoms with Gasteiger partial charge in [-0.2, -0.15) is 0 Å². The fraction of sp³-hybridized carbons (Fsp3) is 0.805. The summed E-state index contributed by atoms with van der Waals surface area (Å²) in [5.41, 5.74) is 0. The van der Waals surface area contributed by atoms with Crippen LogP contribution in [0.1, 0.15) is 380 Å². The molecule has 83 heavy (non-hydrogen) atoms. The molecule has 482 valence electrons. The molecule has 0 heterocycles. The number of hydrogen-bond acceptors (Lipinski definition) is 6. The van der Waals surface area contributed by atoms with Gasteiger partial charge in [0, 0.05) is 19.3 Å². The maximum atomic E-state index is 13.0. The molecule has 0 radical (unpaired) electrons. The number of hydrogen-bond donors (Lipinski definition) is 0.